The van der Waals surface area contributed by atoms with Crippen LogP contribution in [0.3, 0.4) is 0 Å². The smallest absolute Gasteiger partial charge is 0.194 e. The molecule has 1 saturated heterocycles. The Morgan fingerprint density at radius 2 is 2.00 bits per heavy atom. The van der Waals surface area contributed by atoms with Crippen molar-refractivity contribution in [3.63, 3.8) is 0 Å². The molecule has 0 saturated carbocycles. The van der Waals surface area contributed by atoms with Crippen LogP contribution in [0.15, 0.2) is 52.2 Å². The highest BCUT2D eigenvalue weighted by atomic mass is 127. The number of rotatable bonds is 5. The molecule has 1 aliphatic rings. The van der Waals surface area contributed by atoms with Gasteiger partial charge in [-0.2, -0.15) is 0 Å². The molecule has 0 radical (unpaired) electrons. The van der Waals surface area contributed by atoms with Gasteiger partial charge in [-0.05, 0) is 37.7 Å². The fourth-order valence-electron chi connectivity index (χ4n) is 3.20. The predicted octanol–water partition coefficient (Wildman–Crippen LogP) is 3.71. The van der Waals surface area contributed by atoms with Crippen LogP contribution in [0, 0.1) is 5.92 Å². The Labute approximate surface area is 166 Å². The normalized spacial score (nSPS) is 15.7. The van der Waals surface area contributed by atoms with E-state index in [1.165, 1.54) is 24.8 Å². The maximum absolute atomic E-state index is 4.87. The summed E-state index contributed by atoms with van der Waals surface area (Å²) in [5.41, 5.74) is 2.31. The molecule has 3 rings (SSSR count). The number of likely N-dealkylation sites (tertiary alicyclic amines) is 1. The largest absolute Gasteiger partial charge is 0.364 e. The number of nitrogens with zero attached hydrogens (tertiary/aromatic N) is 3. The van der Waals surface area contributed by atoms with Crippen molar-refractivity contribution in [2.45, 2.75) is 32.7 Å². The molecule has 2 aromatic rings. The van der Waals surface area contributed by atoms with E-state index in [2.05, 4.69) is 52.6 Å². The zero-order chi connectivity index (χ0) is 16.6. The van der Waals surface area contributed by atoms with E-state index in [-0.39, 0.29) is 24.0 Å². The van der Waals surface area contributed by atoms with Gasteiger partial charge in [0.1, 0.15) is 12.0 Å². The van der Waals surface area contributed by atoms with Crippen molar-refractivity contribution in [3.05, 3.63) is 53.9 Å². The van der Waals surface area contributed by atoms with Crippen molar-refractivity contribution < 1.29 is 4.52 Å². The topological polar surface area (TPSA) is 53.7 Å². The zero-order valence-electron chi connectivity index (χ0n) is 14.7. The Balaban J connectivity index is 0.00000225. The molecule has 0 amide bonds. The van der Waals surface area contributed by atoms with Crippen molar-refractivity contribution in [2.75, 3.05) is 19.6 Å². The number of hydrogen-bond acceptors (Lipinski definition) is 3. The van der Waals surface area contributed by atoms with Gasteiger partial charge in [0.25, 0.3) is 0 Å². The Morgan fingerprint density at radius 1 is 1.24 bits per heavy atom. The summed E-state index contributed by atoms with van der Waals surface area (Å²) < 4.78 is 4.87. The average molecular weight is 454 g/mol. The Hall–Kier alpha value is -1.57. The number of benzene rings is 1. The first-order valence-corrected chi connectivity index (χ1v) is 8.81. The van der Waals surface area contributed by atoms with E-state index in [9.17, 15) is 0 Å². The maximum atomic E-state index is 4.87. The molecule has 2 heterocycles. The van der Waals surface area contributed by atoms with Crippen molar-refractivity contribution in [1.29, 1.82) is 0 Å². The molecule has 1 N–H and O–H groups in total. The first-order chi connectivity index (χ1) is 11.8. The van der Waals surface area contributed by atoms with Crippen LogP contribution in [0.2, 0.25) is 0 Å². The number of guanidine groups is 1. The van der Waals surface area contributed by atoms with Crippen molar-refractivity contribution in [1.82, 2.24) is 15.4 Å². The quantitative estimate of drug-likeness (QED) is 0.425. The van der Waals surface area contributed by atoms with Crippen LogP contribution in [0.25, 0.3) is 0 Å². The van der Waals surface area contributed by atoms with Gasteiger partial charge in [0.2, 0.25) is 0 Å². The fraction of sp³-hybridized carbons (Fsp3) is 0.474. The second kappa shape index (κ2) is 10.4. The van der Waals surface area contributed by atoms with Gasteiger partial charge in [0.15, 0.2) is 5.96 Å². The molecule has 136 valence electrons. The monoisotopic (exact) mass is 454 g/mol. The number of aromatic nitrogens is 1. The molecular weight excluding hydrogens is 427 g/mol. The van der Waals surface area contributed by atoms with Crippen LogP contribution in [0.4, 0.5) is 0 Å². The second-order valence-corrected chi connectivity index (χ2v) is 6.28. The highest BCUT2D eigenvalue weighted by Crippen LogP contribution is 2.21. The van der Waals surface area contributed by atoms with Gasteiger partial charge in [-0.25, -0.2) is 4.99 Å². The van der Waals surface area contributed by atoms with Crippen molar-refractivity contribution in [3.8, 4) is 0 Å². The standard InChI is InChI=1S/C19H26N4O.HI/c1-2-20-19(21-15-18-10-13-24-22-18)23-11-8-17(9-12-23)14-16-6-4-3-5-7-16;/h3-7,10,13,17H,2,8-9,11-12,14-15H2,1H3,(H,20,21);1H. The van der Waals surface area contributed by atoms with Crippen LogP contribution in [0.1, 0.15) is 31.0 Å². The van der Waals surface area contributed by atoms with Crippen LogP contribution >= 0.6 is 24.0 Å². The van der Waals surface area contributed by atoms with E-state index in [1.807, 2.05) is 6.07 Å². The lowest BCUT2D eigenvalue weighted by Gasteiger charge is -2.34. The van der Waals surface area contributed by atoms with E-state index in [0.29, 0.717) is 6.54 Å². The zero-order valence-corrected chi connectivity index (χ0v) is 17.1. The van der Waals surface area contributed by atoms with Crippen LogP contribution in [0.5, 0.6) is 0 Å². The van der Waals surface area contributed by atoms with Gasteiger partial charge in [-0.15, -0.1) is 24.0 Å². The van der Waals surface area contributed by atoms with E-state index in [1.54, 1.807) is 6.26 Å². The van der Waals surface area contributed by atoms with Gasteiger partial charge in [0.05, 0.1) is 6.54 Å². The van der Waals surface area contributed by atoms with Gasteiger partial charge < -0.3 is 14.7 Å². The summed E-state index contributed by atoms with van der Waals surface area (Å²) in [5.74, 6) is 1.75. The van der Waals surface area contributed by atoms with E-state index in [0.717, 1.165) is 37.2 Å². The molecule has 25 heavy (non-hydrogen) atoms. The molecule has 0 atom stereocenters. The van der Waals surface area contributed by atoms with E-state index < -0.39 is 0 Å². The summed E-state index contributed by atoms with van der Waals surface area (Å²) in [7, 11) is 0. The first kappa shape index (κ1) is 19.8. The summed E-state index contributed by atoms with van der Waals surface area (Å²) in [6.07, 6.45) is 5.20. The second-order valence-electron chi connectivity index (χ2n) is 6.28. The number of hydrogen-bond donors (Lipinski definition) is 1. The van der Waals surface area contributed by atoms with Gasteiger partial charge >= 0.3 is 0 Å². The number of piperidine rings is 1. The van der Waals surface area contributed by atoms with Gasteiger partial charge in [-0.3, -0.25) is 0 Å². The predicted molar refractivity (Wildman–Crippen MR) is 111 cm³/mol. The highest BCUT2D eigenvalue weighted by molar-refractivity contribution is 14.0. The SMILES string of the molecule is CCNC(=NCc1ccon1)N1CCC(Cc2ccccc2)CC1.I. The van der Waals surface area contributed by atoms with Crippen LogP contribution in [-0.2, 0) is 13.0 Å². The van der Waals surface area contributed by atoms with Crippen molar-refractivity contribution in [2.24, 2.45) is 10.9 Å². The molecule has 0 spiro atoms. The highest BCUT2D eigenvalue weighted by Gasteiger charge is 2.21. The lowest BCUT2D eigenvalue weighted by Crippen LogP contribution is -2.45. The molecule has 5 nitrogen and oxygen atoms in total. The lowest BCUT2D eigenvalue weighted by molar-refractivity contribution is 0.259. The van der Waals surface area contributed by atoms with Gasteiger partial charge in [0, 0.05) is 25.7 Å². The summed E-state index contributed by atoms with van der Waals surface area (Å²) in [6.45, 7) is 5.66. The minimum atomic E-state index is 0. The molecule has 1 aromatic heterocycles. The Bertz CT molecular complexity index is 622. The molecule has 0 aliphatic carbocycles. The number of halogens is 1. The third-order valence-electron chi connectivity index (χ3n) is 4.50. The first-order valence-electron chi connectivity index (χ1n) is 8.81. The third-order valence-corrected chi connectivity index (χ3v) is 4.50. The Kier molecular flexibility index (Phi) is 8.24. The van der Waals surface area contributed by atoms with Crippen LogP contribution < -0.4 is 5.32 Å². The Morgan fingerprint density at radius 3 is 2.64 bits per heavy atom. The molecule has 1 fully saturated rings. The number of aliphatic imine (C=N–C) groups is 1. The summed E-state index contributed by atoms with van der Waals surface area (Å²) in [4.78, 5) is 7.06. The number of nitrogens with one attached hydrogen (secondary N) is 1. The fourth-order valence-corrected chi connectivity index (χ4v) is 3.20. The average Bonchev–Trinajstić information content (AvgIpc) is 3.14. The summed E-state index contributed by atoms with van der Waals surface area (Å²) in [6, 6.07) is 12.7. The minimum Gasteiger partial charge on any atom is -0.364 e. The lowest BCUT2D eigenvalue weighted by atomic mass is 9.90. The summed E-state index contributed by atoms with van der Waals surface area (Å²) in [5, 5.41) is 7.32. The van der Waals surface area contributed by atoms with Gasteiger partial charge in [-0.1, -0.05) is 35.5 Å². The van der Waals surface area contributed by atoms with Crippen LogP contribution in [-0.4, -0.2) is 35.7 Å². The van der Waals surface area contributed by atoms with E-state index >= 15 is 0 Å². The maximum Gasteiger partial charge on any atom is 0.194 e. The molecule has 1 aliphatic heterocycles. The molecule has 0 unspecified atom stereocenters. The third kappa shape index (κ3) is 6.02. The minimum absolute atomic E-state index is 0. The molecular formula is C19H27IN4O. The molecule has 6 heteroatoms. The molecule has 0 bridgehead atoms. The van der Waals surface area contributed by atoms with Crippen molar-refractivity contribution >= 4 is 29.9 Å². The summed E-state index contributed by atoms with van der Waals surface area (Å²) >= 11 is 0. The van der Waals surface area contributed by atoms with E-state index in [4.69, 9.17) is 9.52 Å². The molecule has 1 aromatic carbocycles.